The smallest absolute Gasteiger partial charge is 0.0951 e. The molecule has 0 saturated carbocycles. The van der Waals surface area contributed by atoms with Gasteiger partial charge in [0.2, 0.25) is 0 Å². The summed E-state index contributed by atoms with van der Waals surface area (Å²) in [6.45, 7) is 4.76. The fraction of sp³-hybridized carbons (Fsp3) is 0.438. The molecule has 4 heteroatoms. The quantitative estimate of drug-likeness (QED) is 0.707. The molecule has 0 spiro atoms. The van der Waals surface area contributed by atoms with E-state index in [0.29, 0.717) is 18.2 Å². The van der Waals surface area contributed by atoms with Crippen molar-refractivity contribution in [1.82, 2.24) is 4.98 Å². The average Bonchev–Trinajstić information content (AvgIpc) is 2.48. The second kappa shape index (κ2) is 6.57. The lowest BCUT2D eigenvalue weighted by Crippen LogP contribution is -2.27. The summed E-state index contributed by atoms with van der Waals surface area (Å²) in [7, 11) is 0. The van der Waals surface area contributed by atoms with Crippen LogP contribution in [0.3, 0.4) is 0 Å². The molecule has 108 valence electrons. The van der Waals surface area contributed by atoms with Crippen molar-refractivity contribution in [3.63, 3.8) is 0 Å². The number of aliphatic hydroxyl groups is 1. The first-order valence-electron chi connectivity index (χ1n) is 7.22. The molecule has 2 aromatic rings. The molecule has 20 heavy (non-hydrogen) atoms. The van der Waals surface area contributed by atoms with Gasteiger partial charge in [0.25, 0.3) is 0 Å². The summed E-state index contributed by atoms with van der Waals surface area (Å²) in [5, 5.41) is 14.5. The van der Waals surface area contributed by atoms with Crippen LogP contribution in [0.5, 0.6) is 0 Å². The molecule has 4 N–H and O–H groups in total. The third-order valence-electron chi connectivity index (χ3n) is 3.90. The summed E-state index contributed by atoms with van der Waals surface area (Å²) in [4.78, 5) is 4.31. The topological polar surface area (TPSA) is 71.2 Å². The van der Waals surface area contributed by atoms with Gasteiger partial charge in [0, 0.05) is 23.8 Å². The Morgan fingerprint density at radius 2 is 2.00 bits per heavy atom. The highest BCUT2D eigenvalue weighted by Gasteiger charge is 2.15. The first-order chi connectivity index (χ1) is 9.67. The van der Waals surface area contributed by atoms with Gasteiger partial charge in [-0.15, -0.1) is 0 Å². The molecule has 2 rings (SSSR count). The summed E-state index contributed by atoms with van der Waals surface area (Å²) >= 11 is 0. The Balaban J connectivity index is 2.16. The van der Waals surface area contributed by atoms with Crippen LogP contribution in [0.2, 0.25) is 0 Å². The Labute approximate surface area is 120 Å². The van der Waals surface area contributed by atoms with Gasteiger partial charge in [-0.05, 0) is 30.2 Å². The van der Waals surface area contributed by atoms with Crippen molar-refractivity contribution < 1.29 is 5.11 Å². The number of nitrogen functional groups attached to an aromatic ring is 1. The maximum absolute atomic E-state index is 10.2. The molecule has 0 radical (unpaired) electrons. The van der Waals surface area contributed by atoms with Crippen LogP contribution >= 0.6 is 0 Å². The van der Waals surface area contributed by atoms with Crippen molar-refractivity contribution in [3.8, 4) is 0 Å². The van der Waals surface area contributed by atoms with Gasteiger partial charge in [0.1, 0.15) is 0 Å². The van der Waals surface area contributed by atoms with Crippen molar-refractivity contribution in [2.24, 2.45) is 5.92 Å². The number of hydrogen-bond acceptors (Lipinski definition) is 4. The summed E-state index contributed by atoms with van der Waals surface area (Å²) in [6.07, 6.45) is 3.38. The van der Waals surface area contributed by atoms with Crippen molar-refractivity contribution >= 4 is 22.3 Å². The molecular formula is C16H23N3O. The van der Waals surface area contributed by atoms with Gasteiger partial charge < -0.3 is 16.2 Å². The van der Waals surface area contributed by atoms with Gasteiger partial charge in [0.05, 0.1) is 17.3 Å². The number of anilines is 2. The summed E-state index contributed by atoms with van der Waals surface area (Å²) < 4.78 is 0. The summed E-state index contributed by atoms with van der Waals surface area (Å²) in [5.74, 6) is 0.334. The number of hydrogen-bond donors (Lipinski definition) is 3. The van der Waals surface area contributed by atoms with Crippen LogP contribution in [0.15, 0.2) is 30.5 Å². The number of fused-ring (bicyclic) bond motifs is 1. The molecule has 1 heterocycles. The minimum atomic E-state index is -0.339. The fourth-order valence-corrected chi connectivity index (χ4v) is 2.56. The zero-order valence-electron chi connectivity index (χ0n) is 12.1. The van der Waals surface area contributed by atoms with Crippen LogP contribution in [-0.4, -0.2) is 22.7 Å². The highest BCUT2D eigenvalue weighted by molar-refractivity contribution is 5.98. The molecule has 0 saturated heterocycles. The minimum Gasteiger partial charge on any atom is -0.397 e. The maximum Gasteiger partial charge on any atom is 0.0951 e. The van der Waals surface area contributed by atoms with Crippen LogP contribution in [0.1, 0.15) is 26.7 Å². The molecule has 0 bridgehead atoms. The molecule has 1 atom stereocenters. The van der Waals surface area contributed by atoms with E-state index in [2.05, 4.69) is 24.1 Å². The van der Waals surface area contributed by atoms with E-state index in [1.807, 2.05) is 24.3 Å². The largest absolute Gasteiger partial charge is 0.397 e. The minimum absolute atomic E-state index is 0.334. The van der Waals surface area contributed by atoms with E-state index in [1.165, 1.54) is 0 Å². The summed E-state index contributed by atoms with van der Waals surface area (Å²) in [6, 6.07) is 7.68. The summed E-state index contributed by atoms with van der Waals surface area (Å²) in [5.41, 5.74) is 8.37. The first kappa shape index (κ1) is 14.6. The van der Waals surface area contributed by atoms with Crippen molar-refractivity contribution in [2.45, 2.75) is 32.8 Å². The van der Waals surface area contributed by atoms with Crippen LogP contribution in [0.4, 0.5) is 11.4 Å². The molecule has 0 aliphatic rings. The Morgan fingerprint density at radius 1 is 1.25 bits per heavy atom. The van der Waals surface area contributed by atoms with E-state index in [-0.39, 0.29) is 6.10 Å². The number of benzene rings is 1. The zero-order valence-corrected chi connectivity index (χ0v) is 12.1. The highest BCUT2D eigenvalue weighted by atomic mass is 16.3. The molecule has 1 aromatic carbocycles. The second-order valence-electron chi connectivity index (χ2n) is 5.13. The van der Waals surface area contributed by atoms with Gasteiger partial charge >= 0.3 is 0 Å². The van der Waals surface area contributed by atoms with E-state index >= 15 is 0 Å². The van der Waals surface area contributed by atoms with Crippen LogP contribution in [0.25, 0.3) is 10.9 Å². The Kier molecular flexibility index (Phi) is 4.79. The average molecular weight is 273 g/mol. The van der Waals surface area contributed by atoms with Crippen LogP contribution < -0.4 is 11.1 Å². The number of aromatic nitrogens is 1. The highest BCUT2D eigenvalue weighted by Crippen LogP contribution is 2.26. The second-order valence-corrected chi connectivity index (χ2v) is 5.13. The molecular weight excluding hydrogens is 250 g/mol. The predicted octanol–water partition coefficient (Wildman–Crippen LogP) is 3.03. The van der Waals surface area contributed by atoms with Gasteiger partial charge in [0.15, 0.2) is 0 Å². The standard InChI is InChI=1S/C16H23N3O/c1-3-11(4-2)15(20)10-19-14-8-7-13(17)16-12(14)6-5-9-18-16/h5-9,11,15,19-20H,3-4,10,17H2,1-2H3. The van der Waals surface area contributed by atoms with E-state index in [4.69, 9.17) is 5.73 Å². The number of pyridine rings is 1. The number of nitrogens with zero attached hydrogens (tertiary/aromatic N) is 1. The number of nitrogens with two attached hydrogens (primary N) is 1. The van der Waals surface area contributed by atoms with E-state index in [9.17, 15) is 5.11 Å². The molecule has 4 nitrogen and oxygen atoms in total. The van der Waals surface area contributed by atoms with Gasteiger partial charge in [-0.3, -0.25) is 4.98 Å². The SMILES string of the molecule is CCC(CC)C(O)CNc1ccc(N)c2ncccc12. The van der Waals surface area contributed by atoms with E-state index in [0.717, 1.165) is 29.4 Å². The third kappa shape index (κ3) is 3.02. The zero-order chi connectivity index (χ0) is 14.5. The van der Waals surface area contributed by atoms with E-state index < -0.39 is 0 Å². The normalized spacial score (nSPS) is 12.8. The van der Waals surface area contributed by atoms with Crippen molar-refractivity contribution in [3.05, 3.63) is 30.5 Å². The van der Waals surface area contributed by atoms with Crippen LogP contribution in [0, 0.1) is 5.92 Å². The Hall–Kier alpha value is -1.81. The first-order valence-corrected chi connectivity index (χ1v) is 7.22. The fourth-order valence-electron chi connectivity index (χ4n) is 2.56. The lowest BCUT2D eigenvalue weighted by Gasteiger charge is -2.21. The number of aliphatic hydroxyl groups excluding tert-OH is 1. The van der Waals surface area contributed by atoms with Gasteiger partial charge in [-0.1, -0.05) is 26.7 Å². The van der Waals surface area contributed by atoms with E-state index in [1.54, 1.807) is 6.20 Å². The predicted molar refractivity (Wildman–Crippen MR) is 84.7 cm³/mol. The molecule has 1 unspecified atom stereocenters. The molecule has 1 aromatic heterocycles. The van der Waals surface area contributed by atoms with Crippen LogP contribution in [-0.2, 0) is 0 Å². The lowest BCUT2D eigenvalue weighted by atomic mass is 9.96. The monoisotopic (exact) mass is 273 g/mol. The number of nitrogens with one attached hydrogen (secondary N) is 1. The Morgan fingerprint density at radius 3 is 2.70 bits per heavy atom. The molecule has 0 aliphatic carbocycles. The lowest BCUT2D eigenvalue weighted by molar-refractivity contribution is 0.114. The molecule has 0 aliphatic heterocycles. The van der Waals surface area contributed by atoms with Gasteiger partial charge in [-0.2, -0.15) is 0 Å². The molecule has 0 amide bonds. The Bertz CT molecular complexity index is 567. The number of rotatable bonds is 6. The maximum atomic E-state index is 10.2. The van der Waals surface area contributed by atoms with Crippen molar-refractivity contribution in [2.75, 3.05) is 17.6 Å². The van der Waals surface area contributed by atoms with Crippen molar-refractivity contribution in [1.29, 1.82) is 0 Å². The molecule has 0 fully saturated rings. The third-order valence-corrected chi connectivity index (χ3v) is 3.90. The van der Waals surface area contributed by atoms with Gasteiger partial charge in [-0.25, -0.2) is 0 Å².